The van der Waals surface area contributed by atoms with Gasteiger partial charge in [-0.05, 0) is 44.9 Å². The molecule has 0 bridgehead atoms. The van der Waals surface area contributed by atoms with Crippen LogP contribution in [-0.4, -0.2) is 60.9 Å². The number of amides is 1. The molecule has 1 heterocycles. The van der Waals surface area contributed by atoms with Gasteiger partial charge in [0, 0.05) is 25.0 Å². The van der Waals surface area contributed by atoms with E-state index in [4.69, 9.17) is 4.74 Å². The molecule has 0 aromatic rings. The Kier molecular flexibility index (Phi) is 6.69. The van der Waals surface area contributed by atoms with Gasteiger partial charge in [0.15, 0.2) is 0 Å². The van der Waals surface area contributed by atoms with E-state index in [0.29, 0.717) is 19.8 Å². The predicted octanol–water partition coefficient (Wildman–Crippen LogP) is 1.85. The molecule has 0 aromatic heterocycles. The normalized spacial score (nSPS) is 31.7. The molecule has 24 heavy (non-hydrogen) atoms. The van der Waals surface area contributed by atoms with Crippen LogP contribution < -0.4 is 5.32 Å². The van der Waals surface area contributed by atoms with Crippen molar-refractivity contribution in [3.63, 3.8) is 0 Å². The maximum absolute atomic E-state index is 12.3. The summed E-state index contributed by atoms with van der Waals surface area (Å²) in [5, 5.41) is 13.3. The molecule has 2 fully saturated rings. The smallest absolute Gasteiger partial charge is 0.234 e. The number of nitrogens with one attached hydrogen (secondary N) is 1. The minimum atomic E-state index is -0.236. The lowest BCUT2D eigenvalue weighted by atomic mass is 9.94. The number of allylic oxidation sites excluding steroid dienone is 1. The van der Waals surface area contributed by atoms with E-state index >= 15 is 0 Å². The lowest BCUT2D eigenvalue weighted by Crippen LogP contribution is -2.54. The molecule has 136 valence electrons. The van der Waals surface area contributed by atoms with Crippen molar-refractivity contribution in [2.24, 2.45) is 5.92 Å². The van der Waals surface area contributed by atoms with E-state index in [-0.39, 0.29) is 24.0 Å². The molecule has 3 atom stereocenters. The van der Waals surface area contributed by atoms with Gasteiger partial charge in [-0.15, -0.1) is 0 Å². The third-order valence-electron chi connectivity index (χ3n) is 5.81. The first-order valence-corrected chi connectivity index (χ1v) is 9.68. The number of hydrogen-bond donors (Lipinski definition) is 2. The van der Waals surface area contributed by atoms with Crippen molar-refractivity contribution < 1.29 is 14.6 Å². The lowest BCUT2D eigenvalue weighted by Gasteiger charge is -2.39. The van der Waals surface area contributed by atoms with Gasteiger partial charge in [-0.3, -0.25) is 9.69 Å². The fourth-order valence-corrected chi connectivity index (χ4v) is 4.40. The maximum Gasteiger partial charge on any atom is 0.234 e. The summed E-state index contributed by atoms with van der Waals surface area (Å²) in [6.45, 7) is 3.27. The number of aliphatic hydroxyl groups is 1. The van der Waals surface area contributed by atoms with Crippen LogP contribution in [0.25, 0.3) is 0 Å². The molecule has 0 unspecified atom stereocenters. The van der Waals surface area contributed by atoms with Gasteiger partial charge in [0.2, 0.25) is 5.91 Å². The molecular weight excluding hydrogens is 304 g/mol. The number of carbonyl (C=O) groups is 1. The minimum absolute atomic E-state index is 0.103. The van der Waals surface area contributed by atoms with Crippen molar-refractivity contribution in [2.45, 2.75) is 63.5 Å². The number of nitrogens with zero attached hydrogens (tertiary/aromatic N) is 1. The Hall–Kier alpha value is -0.910. The number of morpholine rings is 1. The van der Waals surface area contributed by atoms with E-state index < -0.39 is 0 Å². The quantitative estimate of drug-likeness (QED) is 0.727. The fraction of sp³-hybridized carbons (Fsp3) is 0.842. The van der Waals surface area contributed by atoms with Crippen LogP contribution in [0.2, 0.25) is 0 Å². The summed E-state index contributed by atoms with van der Waals surface area (Å²) in [5.41, 5.74) is 1.50. The molecule has 1 aliphatic heterocycles. The Morgan fingerprint density at radius 3 is 3.00 bits per heavy atom. The summed E-state index contributed by atoms with van der Waals surface area (Å²) >= 11 is 0. The van der Waals surface area contributed by atoms with Crippen molar-refractivity contribution in [2.75, 3.05) is 32.8 Å². The van der Waals surface area contributed by atoms with Gasteiger partial charge < -0.3 is 15.2 Å². The second kappa shape index (κ2) is 8.97. The Balaban J connectivity index is 1.44. The standard InChI is InChI=1S/C19H32N2O3/c22-18-8-4-7-16(18)17-14-24-12-11-21(17)13-19(23)20-10-9-15-5-2-1-3-6-15/h5,16-18,22H,1-4,6-14H2,(H,20,23)/t16-,17+,18-/m0/s1. The van der Waals surface area contributed by atoms with Gasteiger partial charge in [0.05, 0.1) is 25.9 Å². The predicted molar refractivity (Wildman–Crippen MR) is 93.7 cm³/mol. The average molecular weight is 336 g/mol. The van der Waals surface area contributed by atoms with Crippen LogP contribution in [0.4, 0.5) is 0 Å². The van der Waals surface area contributed by atoms with Gasteiger partial charge in [0.1, 0.15) is 0 Å². The minimum Gasteiger partial charge on any atom is -0.393 e. The Labute approximate surface area is 145 Å². The zero-order chi connectivity index (χ0) is 16.8. The van der Waals surface area contributed by atoms with E-state index in [1.807, 2.05) is 0 Å². The first-order valence-electron chi connectivity index (χ1n) is 9.68. The Bertz CT molecular complexity index is 452. The molecule has 1 amide bonds. The van der Waals surface area contributed by atoms with Gasteiger partial charge >= 0.3 is 0 Å². The third kappa shape index (κ3) is 4.80. The van der Waals surface area contributed by atoms with Crippen LogP contribution in [0.1, 0.15) is 51.4 Å². The molecule has 3 aliphatic rings. The maximum atomic E-state index is 12.3. The van der Waals surface area contributed by atoms with Crippen LogP contribution in [0.3, 0.4) is 0 Å². The fourth-order valence-electron chi connectivity index (χ4n) is 4.40. The molecule has 1 saturated carbocycles. The van der Waals surface area contributed by atoms with Crippen molar-refractivity contribution in [1.82, 2.24) is 10.2 Å². The highest BCUT2D eigenvalue weighted by Crippen LogP contribution is 2.32. The molecule has 0 radical (unpaired) electrons. The van der Waals surface area contributed by atoms with Gasteiger partial charge in [-0.1, -0.05) is 18.1 Å². The number of carbonyl (C=O) groups excluding carboxylic acids is 1. The van der Waals surface area contributed by atoms with E-state index in [2.05, 4.69) is 16.3 Å². The molecule has 5 nitrogen and oxygen atoms in total. The summed E-state index contributed by atoms with van der Waals surface area (Å²) in [5.74, 6) is 0.358. The largest absolute Gasteiger partial charge is 0.393 e. The molecule has 5 heteroatoms. The molecule has 0 aromatic carbocycles. The van der Waals surface area contributed by atoms with Crippen molar-refractivity contribution in [3.05, 3.63) is 11.6 Å². The lowest BCUT2D eigenvalue weighted by molar-refractivity contribution is -0.126. The highest BCUT2D eigenvalue weighted by atomic mass is 16.5. The zero-order valence-corrected chi connectivity index (χ0v) is 14.7. The first-order chi connectivity index (χ1) is 11.7. The average Bonchev–Trinajstić information content (AvgIpc) is 3.02. The van der Waals surface area contributed by atoms with E-state index in [0.717, 1.165) is 38.8 Å². The number of rotatable bonds is 6. The third-order valence-corrected chi connectivity index (χ3v) is 5.81. The summed E-state index contributed by atoms with van der Waals surface area (Å²) in [6.07, 6.45) is 11.1. The number of ether oxygens (including phenoxy) is 1. The molecular formula is C19H32N2O3. The molecule has 2 N–H and O–H groups in total. The van der Waals surface area contributed by atoms with Crippen LogP contribution in [0, 0.1) is 5.92 Å². The molecule has 0 spiro atoms. The van der Waals surface area contributed by atoms with E-state index in [9.17, 15) is 9.90 Å². The molecule has 2 aliphatic carbocycles. The highest BCUT2D eigenvalue weighted by Gasteiger charge is 2.38. The Morgan fingerprint density at radius 2 is 2.25 bits per heavy atom. The molecule has 1 saturated heterocycles. The van der Waals surface area contributed by atoms with Gasteiger partial charge in [0.25, 0.3) is 0 Å². The van der Waals surface area contributed by atoms with Gasteiger partial charge in [-0.25, -0.2) is 0 Å². The monoisotopic (exact) mass is 336 g/mol. The van der Waals surface area contributed by atoms with Crippen molar-refractivity contribution in [3.8, 4) is 0 Å². The Morgan fingerprint density at radius 1 is 1.33 bits per heavy atom. The van der Waals surface area contributed by atoms with Crippen LogP contribution in [0.15, 0.2) is 11.6 Å². The van der Waals surface area contributed by atoms with Crippen LogP contribution >= 0.6 is 0 Å². The van der Waals surface area contributed by atoms with Gasteiger partial charge in [-0.2, -0.15) is 0 Å². The van der Waals surface area contributed by atoms with Crippen LogP contribution in [0.5, 0.6) is 0 Å². The number of hydrogen-bond acceptors (Lipinski definition) is 4. The topological polar surface area (TPSA) is 61.8 Å². The zero-order valence-electron chi connectivity index (χ0n) is 14.7. The summed E-state index contributed by atoms with van der Waals surface area (Å²) in [4.78, 5) is 14.5. The van der Waals surface area contributed by atoms with E-state index in [1.54, 1.807) is 0 Å². The van der Waals surface area contributed by atoms with Crippen molar-refractivity contribution >= 4 is 5.91 Å². The van der Waals surface area contributed by atoms with E-state index in [1.165, 1.54) is 31.3 Å². The molecule has 3 rings (SSSR count). The second-order valence-corrected chi connectivity index (χ2v) is 7.48. The van der Waals surface area contributed by atoms with Crippen molar-refractivity contribution in [1.29, 1.82) is 0 Å². The first kappa shape index (κ1) is 17.9. The highest BCUT2D eigenvalue weighted by molar-refractivity contribution is 5.78. The van der Waals surface area contributed by atoms with Crippen LogP contribution in [-0.2, 0) is 9.53 Å². The number of aliphatic hydroxyl groups excluding tert-OH is 1. The SMILES string of the molecule is O=C(CN1CCOC[C@@H]1[C@@H]1CCC[C@@H]1O)NCCC1=CCCCC1. The summed E-state index contributed by atoms with van der Waals surface area (Å²) in [6, 6.07) is 0.183. The summed E-state index contributed by atoms with van der Waals surface area (Å²) in [7, 11) is 0. The second-order valence-electron chi connectivity index (χ2n) is 7.48. The summed E-state index contributed by atoms with van der Waals surface area (Å²) < 4.78 is 5.62.